The Balaban J connectivity index is 1.68. The van der Waals surface area contributed by atoms with Gasteiger partial charge in [0.2, 0.25) is 11.8 Å². The second-order valence-corrected chi connectivity index (χ2v) is 6.54. The number of hydrogen-bond donors (Lipinski definition) is 2. The van der Waals surface area contributed by atoms with E-state index in [9.17, 15) is 9.59 Å². The van der Waals surface area contributed by atoms with Crippen LogP contribution in [0.4, 0.5) is 5.69 Å². The molecule has 0 bridgehead atoms. The third kappa shape index (κ3) is 3.47. The van der Waals surface area contributed by atoms with Gasteiger partial charge in [0, 0.05) is 18.0 Å². The molecule has 2 aliphatic rings. The van der Waals surface area contributed by atoms with Crippen LogP contribution in [-0.2, 0) is 19.1 Å². The van der Waals surface area contributed by atoms with Gasteiger partial charge in [0.05, 0.1) is 24.3 Å². The molecular formula is C17H21N3O4. The van der Waals surface area contributed by atoms with Crippen molar-refractivity contribution in [2.75, 3.05) is 25.3 Å². The van der Waals surface area contributed by atoms with Crippen molar-refractivity contribution in [2.24, 2.45) is 16.4 Å². The van der Waals surface area contributed by atoms with Crippen molar-refractivity contribution in [3.8, 4) is 0 Å². The summed E-state index contributed by atoms with van der Waals surface area (Å²) in [5.41, 5.74) is 4.28. The van der Waals surface area contributed by atoms with E-state index in [2.05, 4.69) is 15.8 Å². The summed E-state index contributed by atoms with van der Waals surface area (Å²) in [7, 11) is 0. The molecule has 1 aromatic carbocycles. The standard InChI is InChI=1S/C17H21N3O4/c1-11-7-14(21)19-20-15(11)12-3-5-13(6-4-12)18-16(22)17(2)8-23-10-24-9-17/h3-6,11H,7-10H2,1-2H3,(H,18,22)(H,19,21). The molecule has 1 atom stereocenters. The summed E-state index contributed by atoms with van der Waals surface area (Å²) in [5.74, 6) is -0.138. The molecule has 1 saturated heterocycles. The molecule has 1 fully saturated rings. The molecule has 0 aromatic heterocycles. The van der Waals surface area contributed by atoms with Gasteiger partial charge in [0.1, 0.15) is 6.79 Å². The van der Waals surface area contributed by atoms with Crippen molar-refractivity contribution in [1.82, 2.24) is 5.43 Å². The summed E-state index contributed by atoms with van der Waals surface area (Å²) in [6.45, 7) is 4.69. The van der Waals surface area contributed by atoms with Crippen molar-refractivity contribution < 1.29 is 19.1 Å². The number of nitrogens with zero attached hydrogens (tertiary/aromatic N) is 1. The summed E-state index contributed by atoms with van der Waals surface area (Å²) in [6.07, 6.45) is 0.426. The number of rotatable bonds is 3. The molecule has 1 unspecified atom stereocenters. The summed E-state index contributed by atoms with van der Waals surface area (Å²) < 4.78 is 10.5. The Bertz CT molecular complexity index is 663. The molecule has 7 heteroatoms. The minimum Gasteiger partial charge on any atom is -0.354 e. The summed E-state index contributed by atoms with van der Waals surface area (Å²) in [4.78, 5) is 23.7. The molecule has 0 saturated carbocycles. The molecule has 1 aromatic rings. The van der Waals surface area contributed by atoms with E-state index in [1.165, 1.54) is 0 Å². The summed E-state index contributed by atoms with van der Waals surface area (Å²) in [6, 6.07) is 7.43. The number of anilines is 1. The van der Waals surface area contributed by atoms with Gasteiger partial charge >= 0.3 is 0 Å². The van der Waals surface area contributed by atoms with E-state index in [1.54, 1.807) is 0 Å². The lowest BCUT2D eigenvalue weighted by atomic mass is 9.91. The van der Waals surface area contributed by atoms with E-state index in [-0.39, 0.29) is 24.5 Å². The Labute approximate surface area is 140 Å². The number of carbonyl (C=O) groups is 2. The molecule has 7 nitrogen and oxygen atoms in total. The molecule has 0 aliphatic carbocycles. The number of carbonyl (C=O) groups excluding carboxylic acids is 2. The van der Waals surface area contributed by atoms with Crippen LogP contribution in [0.15, 0.2) is 29.4 Å². The molecule has 0 spiro atoms. The van der Waals surface area contributed by atoms with E-state index in [0.29, 0.717) is 25.3 Å². The highest BCUT2D eigenvalue weighted by Crippen LogP contribution is 2.24. The van der Waals surface area contributed by atoms with Gasteiger partial charge < -0.3 is 14.8 Å². The smallest absolute Gasteiger partial charge is 0.240 e. The lowest BCUT2D eigenvalue weighted by Gasteiger charge is -2.31. The molecule has 128 valence electrons. The first-order valence-corrected chi connectivity index (χ1v) is 7.92. The van der Waals surface area contributed by atoms with Crippen molar-refractivity contribution in [1.29, 1.82) is 0 Å². The molecule has 0 radical (unpaired) electrons. The van der Waals surface area contributed by atoms with Crippen LogP contribution < -0.4 is 10.7 Å². The van der Waals surface area contributed by atoms with Crippen molar-refractivity contribution >= 4 is 23.2 Å². The van der Waals surface area contributed by atoms with Gasteiger partial charge in [-0.1, -0.05) is 19.1 Å². The highest BCUT2D eigenvalue weighted by molar-refractivity contribution is 6.06. The van der Waals surface area contributed by atoms with Gasteiger partial charge in [-0.15, -0.1) is 0 Å². The lowest BCUT2D eigenvalue weighted by Crippen LogP contribution is -2.44. The number of ether oxygens (including phenoxy) is 2. The molecule has 24 heavy (non-hydrogen) atoms. The summed E-state index contributed by atoms with van der Waals surface area (Å²) in [5, 5.41) is 7.03. The maximum absolute atomic E-state index is 12.4. The minimum absolute atomic E-state index is 0.0645. The molecule has 2 heterocycles. The van der Waals surface area contributed by atoms with E-state index < -0.39 is 5.41 Å². The van der Waals surface area contributed by atoms with Crippen LogP contribution in [-0.4, -0.2) is 37.5 Å². The Morgan fingerprint density at radius 3 is 2.58 bits per heavy atom. The predicted molar refractivity (Wildman–Crippen MR) is 88.4 cm³/mol. The van der Waals surface area contributed by atoms with Gasteiger partial charge in [-0.2, -0.15) is 5.10 Å². The number of hydrazone groups is 1. The molecule has 2 aliphatic heterocycles. The monoisotopic (exact) mass is 331 g/mol. The van der Waals surface area contributed by atoms with Crippen LogP contribution in [0.25, 0.3) is 0 Å². The van der Waals surface area contributed by atoms with Crippen LogP contribution in [0.2, 0.25) is 0 Å². The maximum atomic E-state index is 12.4. The third-order valence-corrected chi connectivity index (χ3v) is 4.25. The quantitative estimate of drug-likeness (QED) is 0.878. The lowest BCUT2D eigenvalue weighted by molar-refractivity contribution is -0.170. The Morgan fingerprint density at radius 1 is 1.29 bits per heavy atom. The Morgan fingerprint density at radius 2 is 1.96 bits per heavy atom. The van der Waals surface area contributed by atoms with Crippen LogP contribution in [0.3, 0.4) is 0 Å². The topological polar surface area (TPSA) is 89.0 Å². The van der Waals surface area contributed by atoms with E-state index >= 15 is 0 Å². The number of hydrogen-bond acceptors (Lipinski definition) is 5. The fourth-order valence-corrected chi connectivity index (χ4v) is 2.77. The number of benzene rings is 1. The van der Waals surface area contributed by atoms with Crippen molar-refractivity contribution in [3.63, 3.8) is 0 Å². The second kappa shape index (κ2) is 6.70. The first-order chi connectivity index (χ1) is 11.5. The van der Waals surface area contributed by atoms with E-state index in [1.807, 2.05) is 38.1 Å². The normalized spacial score (nSPS) is 23.2. The largest absolute Gasteiger partial charge is 0.354 e. The predicted octanol–water partition coefficient (Wildman–Crippen LogP) is 1.50. The van der Waals surface area contributed by atoms with Gasteiger partial charge in [-0.25, -0.2) is 5.43 Å². The zero-order chi connectivity index (χ0) is 17.2. The van der Waals surface area contributed by atoms with Crippen LogP contribution in [0.5, 0.6) is 0 Å². The SMILES string of the molecule is CC1CC(=O)NN=C1c1ccc(NC(=O)C2(C)COCOC2)cc1. The maximum Gasteiger partial charge on any atom is 0.240 e. The van der Waals surface area contributed by atoms with Gasteiger partial charge in [-0.3, -0.25) is 9.59 Å². The first kappa shape index (κ1) is 16.6. The van der Waals surface area contributed by atoms with Gasteiger partial charge in [-0.05, 0) is 24.6 Å². The average molecular weight is 331 g/mol. The highest BCUT2D eigenvalue weighted by Gasteiger charge is 2.36. The third-order valence-electron chi connectivity index (χ3n) is 4.25. The highest BCUT2D eigenvalue weighted by atomic mass is 16.7. The molecule has 3 rings (SSSR count). The van der Waals surface area contributed by atoms with Crippen LogP contribution >= 0.6 is 0 Å². The van der Waals surface area contributed by atoms with E-state index in [4.69, 9.17) is 9.47 Å². The Hall–Kier alpha value is -2.25. The van der Waals surface area contributed by atoms with Crippen molar-refractivity contribution in [3.05, 3.63) is 29.8 Å². The van der Waals surface area contributed by atoms with Crippen molar-refractivity contribution in [2.45, 2.75) is 20.3 Å². The van der Waals surface area contributed by atoms with E-state index in [0.717, 1.165) is 11.3 Å². The van der Waals surface area contributed by atoms with Crippen LogP contribution in [0, 0.1) is 11.3 Å². The second-order valence-electron chi connectivity index (χ2n) is 6.54. The average Bonchev–Trinajstić information content (AvgIpc) is 2.56. The van der Waals surface area contributed by atoms with Crippen LogP contribution in [0.1, 0.15) is 25.8 Å². The molecular weight excluding hydrogens is 310 g/mol. The molecule has 2 amide bonds. The zero-order valence-electron chi connectivity index (χ0n) is 13.8. The number of amides is 2. The minimum atomic E-state index is -0.691. The molecule has 2 N–H and O–H groups in total. The Kier molecular flexibility index (Phi) is 4.64. The fraction of sp³-hybridized carbons (Fsp3) is 0.471. The number of nitrogens with one attached hydrogen (secondary N) is 2. The van der Waals surface area contributed by atoms with Gasteiger partial charge in [0.15, 0.2) is 0 Å². The fourth-order valence-electron chi connectivity index (χ4n) is 2.77. The van der Waals surface area contributed by atoms with Gasteiger partial charge in [0.25, 0.3) is 0 Å². The summed E-state index contributed by atoms with van der Waals surface area (Å²) >= 11 is 0. The zero-order valence-corrected chi connectivity index (χ0v) is 13.8. The first-order valence-electron chi connectivity index (χ1n) is 7.92.